The van der Waals surface area contributed by atoms with Crippen LogP contribution in [0.3, 0.4) is 0 Å². The van der Waals surface area contributed by atoms with E-state index in [4.69, 9.17) is 20.4 Å². The van der Waals surface area contributed by atoms with Gasteiger partial charge in [0.05, 0.1) is 0 Å². The Hall–Kier alpha value is -3.20. The van der Waals surface area contributed by atoms with E-state index in [0.717, 1.165) is 0 Å². The molecule has 4 rings (SSSR count). The number of ether oxygens (including phenoxy) is 1. The number of hydrogen-bond acceptors (Lipinski definition) is 8. The van der Waals surface area contributed by atoms with Gasteiger partial charge in [-0.15, -0.1) is 0 Å². The van der Waals surface area contributed by atoms with Crippen LogP contribution >= 0.6 is 8.53 Å². The second kappa shape index (κ2) is 13.0. The number of nitrogens with one attached hydrogen (secondary N) is 1. The summed E-state index contributed by atoms with van der Waals surface area (Å²) in [6.07, 6.45) is 0.286. The maximum atomic E-state index is 13.5. The molecule has 3 heterocycles. The average Bonchev–Trinajstić information content (AvgIpc) is 3.37. The zero-order chi connectivity index (χ0) is 30.8. The maximum absolute atomic E-state index is 13.5. The average molecular weight is 599 g/mol. The molecule has 2 aliphatic heterocycles. The van der Waals surface area contributed by atoms with Crippen molar-refractivity contribution in [2.24, 2.45) is 0 Å². The van der Waals surface area contributed by atoms with E-state index in [-0.39, 0.29) is 42.9 Å². The SMILES string of the molecule is [C-]#[N+]CCOP(OC1C2[C@H](n3cc(C)c(NC(=O)c4ccccc4)nc3=O)O[C@@]1(CC)C(=O)N2C)N(C(C)C)C(C)C. The Morgan fingerprint density at radius 3 is 2.50 bits per heavy atom. The summed E-state index contributed by atoms with van der Waals surface area (Å²) in [5.41, 5.74) is -0.968. The highest BCUT2D eigenvalue weighted by Crippen LogP contribution is 2.56. The highest BCUT2D eigenvalue weighted by atomic mass is 31.2. The number of nitrogens with zero attached hydrogens (tertiary/aromatic N) is 5. The number of likely N-dealkylation sites (N-methyl/N-ethyl adjacent to an activating group) is 1. The lowest BCUT2D eigenvalue weighted by atomic mass is 9.96. The molecule has 2 amide bonds. The summed E-state index contributed by atoms with van der Waals surface area (Å²) in [7, 11) is 0.00828. The molecule has 1 aromatic carbocycles. The third-order valence-corrected chi connectivity index (χ3v) is 9.69. The Balaban J connectivity index is 1.67. The van der Waals surface area contributed by atoms with Crippen molar-refractivity contribution in [3.05, 3.63) is 69.6 Å². The number of morpholine rings is 1. The third-order valence-electron chi connectivity index (χ3n) is 7.58. The molecule has 1 N–H and O–H groups in total. The van der Waals surface area contributed by atoms with E-state index in [1.165, 1.54) is 4.57 Å². The molecule has 226 valence electrons. The van der Waals surface area contributed by atoms with Gasteiger partial charge in [0.1, 0.15) is 24.6 Å². The van der Waals surface area contributed by atoms with Crippen LogP contribution < -0.4 is 11.0 Å². The fourth-order valence-electron chi connectivity index (χ4n) is 5.61. The second-order valence-electron chi connectivity index (χ2n) is 11.0. The number of rotatable bonds is 12. The standard InChI is InChI=1S/C29H39N6O6P/c1-9-29-23(41-42(39-16-15-30-7)35(18(2)3)19(4)5)22(33(8)27(29)37)26(40-29)34-17-20(6)24(32-28(34)38)31-25(36)21-13-11-10-12-14-21/h10-14,17-19,22-23,26H,9,15-16H2,1-6,8H3,(H,31,32,36,38)/t22?,23?,26-,29-,42?/m1/s1. The fraction of sp³-hybridized carbons (Fsp3) is 0.552. The number of fused-ring (bicyclic) bond motifs is 2. The van der Waals surface area contributed by atoms with Crippen LogP contribution in [0.15, 0.2) is 41.3 Å². The van der Waals surface area contributed by atoms with Crippen LogP contribution in [0.1, 0.15) is 63.2 Å². The molecule has 42 heavy (non-hydrogen) atoms. The first-order valence-corrected chi connectivity index (χ1v) is 15.2. The first-order valence-electron chi connectivity index (χ1n) is 14.1. The second-order valence-corrected chi connectivity index (χ2v) is 12.4. The molecule has 0 spiro atoms. The van der Waals surface area contributed by atoms with Crippen LogP contribution in [0, 0.1) is 13.5 Å². The Morgan fingerprint density at radius 1 is 1.24 bits per heavy atom. The summed E-state index contributed by atoms with van der Waals surface area (Å²) < 4.78 is 22.7. The van der Waals surface area contributed by atoms with Gasteiger partial charge in [-0.3, -0.25) is 14.2 Å². The molecule has 2 aromatic rings. The highest BCUT2D eigenvalue weighted by Gasteiger charge is 2.70. The zero-order valence-corrected chi connectivity index (χ0v) is 26.0. The molecule has 0 radical (unpaired) electrons. The van der Waals surface area contributed by atoms with Gasteiger partial charge in [-0.1, -0.05) is 25.1 Å². The van der Waals surface area contributed by atoms with E-state index >= 15 is 0 Å². The Morgan fingerprint density at radius 2 is 1.90 bits per heavy atom. The van der Waals surface area contributed by atoms with Gasteiger partial charge in [0.25, 0.3) is 20.3 Å². The van der Waals surface area contributed by atoms with Crippen molar-refractivity contribution in [3.63, 3.8) is 0 Å². The molecule has 12 nitrogen and oxygen atoms in total. The summed E-state index contributed by atoms with van der Waals surface area (Å²) >= 11 is 0. The largest absolute Gasteiger partial charge is 0.351 e. The van der Waals surface area contributed by atoms with Crippen LogP contribution in [0.25, 0.3) is 4.85 Å². The van der Waals surface area contributed by atoms with E-state index in [1.54, 1.807) is 49.3 Å². The molecule has 3 unspecified atom stereocenters. The molecule has 2 bridgehead atoms. The summed E-state index contributed by atoms with van der Waals surface area (Å²) in [5, 5.41) is 2.71. The van der Waals surface area contributed by atoms with Gasteiger partial charge in [-0.05, 0) is 53.2 Å². The minimum absolute atomic E-state index is 0.0685. The van der Waals surface area contributed by atoms with Gasteiger partial charge in [0.2, 0.25) is 6.54 Å². The number of hydrogen-bond donors (Lipinski definition) is 1. The molecule has 2 aliphatic rings. The van der Waals surface area contributed by atoms with Crippen LogP contribution in [0.2, 0.25) is 0 Å². The topological polar surface area (TPSA) is 120 Å². The van der Waals surface area contributed by atoms with Gasteiger partial charge in [0, 0.05) is 36.5 Å². The number of aryl methyl sites for hydroxylation is 1. The molecule has 13 heteroatoms. The monoisotopic (exact) mass is 598 g/mol. The predicted molar refractivity (Wildman–Crippen MR) is 159 cm³/mol. The number of carbonyl (C=O) groups excluding carboxylic acids is 2. The van der Waals surface area contributed by atoms with Crippen LogP contribution in [-0.2, 0) is 18.6 Å². The highest BCUT2D eigenvalue weighted by molar-refractivity contribution is 7.44. The van der Waals surface area contributed by atoms with Crippen LogP contribution in [0.5, 0.6) is 0 Å². The van der Waals surface area contributed by atoms with Crippen molar-refractivity contribution in [2.75, 3.05) is 25.5 Å². The summed E-state index contributed by atoms with van der Waals surface area (Å²) in [4.78, 5) is 48.7. The van der Waals surface area contributed by atoms with Crippen molar-refractivity contribution in [1.29, 1.82) is 0 Å². The Labute approximate surface area is 247 Å². The molecule has 1 aromatic heterocycles. The first kappa shape index (κ1) is 31.7. The molecular formula is C29H39N6O6P. The minimum Gasteiger partial charge on any atom is -0.336 e. The van der Waals surface area contributed by atoms with Gasteiger partial charge in [0.15, 0.2) is 11.8 Å². The lowest BCUT2D eigenvalue weighted by Crippen LogP contribution is -2.50. The van der Waals surface area contributed by atoms with Gasteiger partial charge < -0.3 is 28.8 Å². The molecule has 2 fully saturated rings. The van der Waals surface area contributed by atoms with Crippen molar-refractivity contribution in [3.8, 4) is 0 Å². The smallest absolute Gasteiger partial charge is 0.336 e. The van der Waals surface area contributed by atoms with E-state index in [0.29, 0.717) is 17.5 Å². The number of amides is 2. The van der Waals surface area contributed by atoms with Crippen LogP contribution in [0.4, 0.5) is 5.82 Å². The van der Waals surface area contributed by atoms with Crippen LogP contribution in [-0.4, -0.2) is 81.0 Å². The maximum Gasteiger partial charge on any atom is 0.351 e. The number of carbonyl (C=O) groups is 2. The molecule has 0 aliphatic carbocycles. The van der Waals surface area contributed by atoms with E-state index in [1.807, 2.05) is 40.7 Å². The quantitative estimate of drug-likeness (QED) is 0.221. The predicted octanol–water partition coefficient (Wildman–Crippen LogP) is 3.99. The minimum atomic E-state index is -1.67. The number of likely N-dealkylation sites (tertiary alicyclic amines) is 1. The van der Waals surface area contributed by atoms with E-state index in [2.05, 4.69) is 19.8 Å². The molecule has 0 saturated carbocycles. The van der Waals surface area contributed by atoms with Crippen molar-refractivity contribution >= 4 is 26.2 Å². The normalized spacial score (nSPS) is 24.1. The Kier molecular flexibility index (Phi) is 9.81. The summed E-state index contributed by atoms with van der Waals surface area (Å²) in [5.74, 6) is -0.455. The van der Waals surface area contributed by atoms with Gasteiger partial charge >= 0.3 is 5.69 Å². The van der Waals surface area contributed by atoms with E-state index in [9.17, 15) is 14.4 Å². The lowest BCUT2D eigenvalue weighted by Gasteiger charge is -2.38. The summed E-state index contributed by atoms with van der Waals surface area (Å²) in [6.45, 7) is 19.3. The molecular weight excluding hydrogens is 559 g/mol. The van der Waals surface area contributed by atoms with Gasteiger partial charge in [-0.25, -0.2) is 16.0 Å². The van der Waals surface area contributed by atoms with Gasteiger partial charge in [-0.2, -0.15) is 4.98 Å². The van der Waals surface area contributed by atoms with Crippen molar-refractivity contribution in [1.82, 2.24) is 19.1 Å². The molecule has 5 atom stereocenters. The zero-order valence-electron chi connectivity index (χ0n) is 25.1. The lowest BCUT2D eigenvalue weighted by molar-refractivity contribution is -0.175. The number of aromatic nitrogens is 2. The Bertz CT molecular complexity index is 1390. The first-order chi connectivity index (χ1) is 20.0. The third kappa shape index (κ3) is 5.85. The summed E-state index contributed by atoms with van der Waals surface area (Å²) in [6, 6.07) is 8.16. The number of benzene rings is 1. The van der Waals surface area contributed by atoms with Crippen molar-refractivity contribution in [2.45, 2.75) is 84.0 Å². The number of anilines is 1. The molecule has 2 saturated heterocycles. The van der Waals surface area contributed by atoms with E-state index < -0.39 is 38.2 Å². The van der Waals surface area contributed by atoms with Crippen molar-refractivity contribution < 1.29 is 23.4 Å². The fourth-order valence-corrected chi connectivity index (χ4v) is 7.40.